The lowest BCUT2D eigenvalue weighted by molar-refractivity contribution is -0.115. The lowest BCUT2D eigenvalue weighted by atomic mass is 10.1. The molecule has 0 atom stereocenters. The number of halogens is 8. The van der Waals surface area contributed by atoms with Crippen molar-refractivity contribution in [3.8, 4) is 0 Å². The fourth-order valence-corrected chi connectivity index (χ4v) is 2.78. The van der Waals surface area contributed by atoms with Gasteiger partial charge in [-0.2, -0.15) is 13.2 Å². The maximum Gasteiger partial charge on any atom is 0.398 e. The Bertz CT molecular complexity index is 839. The Kier molecular flexibility index (Phi) is 6.34. The number of anilines is 1. The van der Waals surface area contributed by atoms with E-state index in [0.29, 0.717) is 11.8 Å². The van der Waals surface area contributed by atoms with Gasteiger partial charge >= 0.3 is 6.18 Å². The molecule has 2 nitrogen and oxygen atoms in total. The zero-order valence-corrected chi connectivity index (χ0v) is 13.9. The molecule has 2 rings (SSSR count). The Morgan fingerprint density at radius 3 is 1.96 bits per heavy atom. The number of benzene rings is 2. The van der Waals surface area contributed by atoms with Gasteiger partial charge in [-0.05, 0) is 12.1 Å². The molecule has 0 aliphatic carbocycles. The number of amides is 1. The Labute approximate surface area is 151 Å². The van der Waals surface area contributed by atoms with E-state index in [1.165, 1.54) is 24.3 Å². The van der Waals surface area contributed by atoms with Crippen LogP contribution in [0, 0.1) is 29.1 Å². The number of rotatable bonds is 5. The first-order valence-electron chi connectivity index (χ1n) is 7.10. The van der Waals surface area contributed by atoms with Gasteiger partial charge in [0.05, 0.1) is 17.9 Å². The third kappa shape index (κ3) is 5.12. The van der Waals surface area contributed by atoms with Crippen molar-refractivity contribution in [3.63, 3.8) is 0 Å². The molecule has 0 unspecified atom stereocenters. The fourth-order valence-electron chi connectivity index (χ4n) is 2.02. The van der Waals surface area contributed by atoms with Gasteiger partial charge in [-0.25, -0.2) is 22.0 Å². The van der Waals surface area contributed by atoms with E-state index in [2.05, 4.69) is 5.32 Å². The lowest BCUT2D eigenvalue weighted by Crippen LogP contribution is -2.19. The quantitative estimate of drug-likeness (QED) is 0.314. The highest BCUT2D eigenvalue weighted by Crippen LogP contribution is 2.32. The molecule has 0 spiro atoms. The van der Waals surface area contributed by atoms with Gasteiger partial charge in [0.2, 0.25) is 11.7 Å². The van der Waals surface area contributed by atoms with E-state index in [1.807, 2.05) is 0 Å². The molecule has 2 aromatic rings. The standard InChI is InChI=1S/C16H9F8NOS/c17-11-7(12(18)14(20)15(21)13(11)19)5-10(26)25-8-3-1-2-4-9(8)27-6-16(22,23)24/h1-4H,5-6H2,(H,25,26). The highest BCUT2D eigenvalue weighted by Gasteiger charge is 2.29. The third-order valence-corrected chi connectivity index (χ3v) is 4.33. The average molecular weight is 415 g/mol. The molecule has 2 aromatic carbocycles. The predicted octanol–water partition coefficient (Wildman–Crippen LogP) is 5.22. The minimum atomic E-state index is -4.47. The fraction of sp³-hybridized carbons (Fsp3) is 0.188. The molecule has 0 saturated carbocycles. The van der Waals surface area contributed by atoms with Crippen molar-refractivity contribution in [2.75, 3.05) is 11.1 Å². The molecule has 1 N–H and O–H groups in total. The molecule has 0 saturated heterocycles. The van der Waals surface area contributed by atoms with Gasteiger partial charge in [0.25, 0.3) is 0 Å². The monoisotopic (exact) mass is 415 g/mol. The van der Waals surface area contributed by atoms with Crippen LogP contribution in [0.3, 0.4) is 0 Å². The van der Waals surface area contributed by atoms with Gasteiger partial charge in [0, 0.05) is 10.5 Å². The number of nitrogens with one attached hydrogen (secondary N) is 1. The maximum absolute atomic E-state index is 13.6. The van der Waals surface area contributed by atoms with E-state index in [-0.39, 0.29) is 10.6 Å². The van der Waals surface area contributed by atoms with Gasteiger partial charge in [-0.3, -0.25) is 4.79 Å². The second-order valence-electron chi connectivity index (χ2n) is 5.17. The van der Waals surface area contributed by atoms with Crippen molar-refractivity contribution in [3.05, 3.63) is 58.9 Å². The van der Waals surface area contributed by atoms with E-state index in [0.717, 1.165) is 0 Å². The summed E-state index contributed by atoms with van der Waals surface area (Å²) in [5.74, 6) is -13.5. The lowest BCUT2D eigenvalue weighted by Gasteiger charge is -2.13. The first kappa shape index (κ1) is 21.0. The van der Waals surface area contributed by atoms with E-state index >= 15 is 0 Å². The van der Waals surface area contributed by atoms with Crippen molar-refractivity contribution < 1.29 is 39.9 Å². The third-order valence-electron chi connectivity index (χ3n) is 3.19. The summed E-state index contributed by atoms with van der Waals surface area (Å²) in [5, 5.41) is 2.10. The average Bonchev–Trinajstić information content (AvgIpc) is 2.60. The molecule has 0 aliphatic heterocycles. The van der Waals surface area contributed by atoms with Crippen molar-refractivity contribution >= 4 is 23.4 Å². The highest BCUT2D eigenvalue weighted by molar-refractivity contribution is 7.99. The van der Waals surface area contributed by atoms with Crippen LogP contribution in [-0.2, 0) is 11.2 Å². The van der Waals surface area contributed by atoms with Gasteiger partial charge < -0.3 is 5.32 Å². The van der Waals surface area contributed by atoms with Crippen LogP contribution in [0.2, 0.25) is 0 Å². The molecule has 0 radical (unpaired) electrons. The van der Waals surface area contributed by atoms with Gasteiger partial charge in [-0.1, -0.05) is 12.1 Å². The molecule has 27 heavy (non-hydrogen) atoms. The van der Waals surface area contributed by atoms with E-state index in [9.17, 15) is 39.9 Å². The van der Waals surface area contributed by atoms with Crippen molar-refractivity contribution in [1.29, 1.82) is 0 Å². The number of thioether (sulfide) groups is 1. The van der Waals surface area contributed by atoms with Crippen LogP contribution in [0.4, 0.5) is 40.8 Å². The number of alkyl halides is 3. The smallest absolute Gasteiger partial charge is 0.325 e. The van der Waals surface area contributed by atoms with Crippen LogP contribution in [0.15, 0.2) is 29.2 Å². The Hall–Kier alpha value is -2.30. The van der Waals surface area contributed by atoms with E-state index in [4.69, 9.17) is 0 Å². The number of hydrogen-bond acceptors (Lipinski definition) is 2. The summed E-state index contributed by atoms with van der Waals surface area (Å²) >= 11 is 0.358. The Morgan fingerprint density at radius 2 is 1.41 bits per heavy atom. The molecule has 1 amide bonds. The number of para-hydroxylation sites is 1. The zero-order chi connectivity index (χ0) is 20.4. The van der Waals surface area contributed by atoms with Gasteiger partial charge in [-0.15, -0.1) is 11.8 Å². The molecule has 146 valence electrons. The summed E-state index contributed by atoms with van der Waals surface area (Å²) in [4.78, 5) is 11.9. The SMILES string of the molecule is O=C(Cc1c(F)c(F)c(F)c(F)c1F)Nc1ccccc1SCC(F)(F)F. The molecular formula is C16H9F8NOS. The molecule has 0 aromatic heterocycles. The summed E-state index contributed by atoms with van der Waals surface area (Å²) < 4.78 is 103. The molecule has 0 aliphatic rings. The van der Waals surface area contributed by atoms with Gasteiger partial charge in [0.15, 0.2) is 23.3 Å². The Balaban J connectivity index is 2.21. The first-order valence-corrected chi connectivity index (χ1v) is 8.08. The van der Waals surface area contributed by atoms with Crippen LogP contribution >= 0.6 is 11.8 Å². The minimum Gasteiger partial charge on any atom is -0.325 e. The summed E-state index contributed by atoms with van der Waals surface area (Å²) in [7, 11) is 0. The topological polar surface area (TPSA) is 29.1 Å². The van der Waals surface area contributed by atoms with Crippen molar-refractivity contribution in [2.45, 2.75) is 17.5 Å². The molecular weight excluding hydrogens is 406 g/mol. The second kappa shape index (κ2) is 8.15. The largest absolute Gasteiger partial charge is 0.398 e. The summed E-state index contributed by atoms with van der Waals surface area (Å²) in [6.07, 6.45) is -5.68. The number of hydrogen-bond donors (Lipinski definition) is 1. The normalized spacial score (nSPS) is 11.6. The van der Waals surface area contributed by atoms with Crippen LogP contribution in [-0.4, -0.2) is 17.8 Å². The summed E-state index contributed by atoms with van der Waals surface area (Å²) in [5.41, 5.74) is -1.44. The molecule has 0 fully saturated rings. The van der Waals surface area contributed by atoms with Crippen molar-refractivity contribution in [2.24, 2.45) is 0 Å². The zero-order valence-electron chi connectivity index (χ0n) is 13.1. The summed E-state index contributed by atoms with van der Waals surface area (Å²) in [6.45, 7) is 0. The molecule has 11 heteroatoms. The van der Waals surface area contributed by atoms with Gasteiger partial charge in [0.1, 0.15) is 0 Å². The molecule has 0 heterocycles. The van der Waals surface area contributed by atoms with E-state index in [1.54, 1.807) is 0 Å². The Morgan fingerprint density at radius 1 is 0.889 bits per heavy atom. The molecule has 0 bridgehead atoms. The highest BCUT2D eigenvalue weighted by atomic mass is 32.2. The van der Waals surface area contributed by atoms with Crippen LogP contribution in [0.1, 0.15) is 5.56 Å². The summed E-state index contributed by atoms with van der Waals surface area (Å²) in [6, 6.07) is 5.28. The van der Waals surface area contributed by atoms with Crippen LogP contribution in [0.5, 0.6) is 0 Å². The van der Waals surface area contributed by atoms with Crippen molar-refractivity contribution in [1.82, 2.24) is 0 Å². The number of carbonyl (C=O) groups is 1. The first-order chi connectivity index (χ1) is 12.5. The maximum atomic E-state index is 13.6. The van der Waals surface area contributed by atoms with Crippen LogP contribution < -0.4 is 5.32 Å². The minimum absolute atomic E-state index is 0.0144. The van der Waals surface area contributed by atoms with E-state index < -0.39 is 58.9 Å². The second-order valence-corrected chi connectivity index (χ2v) is 6.19. The predicted molar refractivity (Wildman–Crippen MR) is 81.8 cm³/mol. The van der Waals surface area contributed by atoms with Crippen LogP contribution in [0.25, 0.3) is 0 Å². The number of carbonyl (C=O) groups excluding carboxylic acids is 1.